The highest BCUT2D eigenvalue weighted by Gasteiger charge is 2.32. The number of hydrogen-bond acceptors (Lipinski definition) is 17. The fraction of sp³-hybridized carbons (Fsp3) is 0.391. The number of nitrogens with two attached hydrogens (primary N) is 2. The Hall–Kier alpha value is -7.72. The average Bonchev–Trinajstić information content (AvgIpc) is 1.67. The van der Waals surface area contributed by atoms with Crippen LogP contribution in [0.4, 0.5) is 22.1 Å². The number of ether oxygens (including phenoxy) is 3. The van der Waals surface area contributed by atoms with Crippen LogP contribution in [0.5, 0.6) is 23.3 Å². The number of aromatic nitrogens is 6. The molecule has 4 aliphatic carbocycles. The topological polar surface area (TPSA) is 279 Å². The van der Waals surface area contributed by atoms with Crippen molar-refractivity contribution < 1.29 is 35.8 Å². The third-order valence-corrected chi connectivity index (χ3v) is 19.9. The van der Waals surface area contributed by atoms with Crippen LogP contribution in [0.15, 0.2) is 134 Å². The van der Waals surface area contributed by atoms with Crippen LogP contribution in [0.2, 0.25) is 0 Å². The molecule has 4 aromatic carbocycles. The molecule has 12 rings (SSSR count). The van der Waals surface area contributed by atoms with Crippen molar-refractivity contribution in [2.75, 3.05) is 15.8 Å². The number of pyridine rings is 2. The predicted octanol–water partition coefficient (Wildman–Crippen LogP) is 13.3. The molecular weight excluding hydrogens is 1150 g/mol. The zero-order valence-corrected chi connectivity index (χ0v) is 51.0. The SMILES string of the molecule is CC(C)(C)OC(=O)NC1CCC(Nc2nccc(-c3cccnc3Oc3cccc4c(N)cccc34)n2)CC1.NC1CCC(Cc2nccc(-c3cccnc3Oc3cccc4c(NS(=O)(=O)C5CCC5)cccc34)n2)CC1.O=S(=O)(Cl)C1CCC1. The Morgan fingerprint density at radius 2 is 1.14 bits per heavy atom. The van der Waals surface area contributed by atoms with E-state index in [1.165, 1.54) is 0 Å². The molecule has 4 fully saturated rings. The Bertz CT molecular complexity index is 3890. The second-order valence-electron chi connectivity index (χ2n) is 23.4. The van der Waals surface area contributed by atoms with E-state index in [-0.39, 0.29) is 28.7 Å². The number of amides is 1. The minimum Gasteiger partial charge on any atom is -0.444 e. The number of nitrogens with zero attached hydrogens (tertiary/aromatic N) is 6. The van der Waals surface area contributed by atoms with Gasteiger partial charge in [0, 0.05) is 87.2 Å². The van der Waals surface area contributed by atoms with E-state index in [0.29, 0.717) is 71.1 Å². The fourth-order valence-corrected chi connectivity index (χ4v) is 13.9. The van der Waals surface area contributed by atoms with Crippen molar-refractivity contribution in [1.29, 1.82) is 0 Å². The van der Waals surface area contributed by atoms with Crippen LogP contribution in [0, 0.1) is 5.92 Å². The average molecular weight is 1220 g/mol. The second kappa shape index (κ2) is 27.3. The van der Waals surface area contributed by atoms with Gasteiger partial charge in [0.15, 0.2) is 0 Å². The summed E-state index contributed by atoms with van der Waals surface area (Å²) < 4.78 is 67.2. The zero-order chi connectivity index (χ0) is 60.4. The van der Waals surface area contributed by atoms with Gasteiger partial charge in [-0.25, -0.2) is 51.5 Å². The molecule has 0 spiro atoms. The molecule has 4 aliphatic rings. The molecule has 22 heteroatoms. The minimum atomic E-state index is -3.42. The van der Waals surface area contributed by atoms with Gasteiger partial charge >= 0.3 is 6.09 Å². The van der Waals surface area contributed by atoms with Crippen molar-refractivity contribution in [3.05, 3.63) is 140 Å². The molecular formula is C64H74ClN11O8S2. The summed E-state index contributed by atoms with van der Waals surface area (Å²) in [6.45, 7) is 5.59. The number of nitrogens with one attached hydrogen (secondary N) is 3. The van der Waals surface area contributed by atoms with Gasteiger partial charge in [-0.2, -0.15) is 0 Å². The lowest BCUT2D eigenvalue weighted by atomic mass is 9.84. The standard InChI is InChI=1S/C30H34N6O3.C30H33N5O3S.C4H7ClO2S/c1-30(2,3)39-29(37)35-20-14-12-19(13-15-20)34-28-33-18-16-25(36-28)23-9-6-17-32-27(23)38-26-11-5-7-21-22(26)8-4-10-24(21)31;31-21-14-12-20(13-15-21)19-29-32-18-16-26(34-29)25-9-4-17-33-30(25)38-28-11-3-7-23-24(28)8-2-10-27(23)35-39(36,37)22-5-1-6-22;5-8(6,7)4-2-1-3-4/h4-11,16-20H,12-15,31H2,1-3H3,(H,35,37)(H,33,34,36);2-4,7-11,16-18,20-22,35H,1,5-6,12-15,19,31H2;4H,1-3H2. The minimum absolute atomic E-state index is 0.102. The number of alkyl carbamates (subject to hydrolysis) is 1. The van der Waals surface area contributed by atoms with Crippen LogP contribution in [0.1, 0.15) is 116 Å². The second-order valence-corrected chi connectivity index (χ2v) is 28.3. The lowest BCUT2D eigenvalue weighted by molar-refractivity contribution is 0.0492. The van der Waals surface area contributed by atoms with E-state index in [1.807, 2.05) is 124 Å². The van der Waals surface area contributed by atoms with E-state index in [0.717, 1.165) is 128 Å². The zero-order valence-electron chi connectivity index (χ0n) is 48.6. The molecule has 452 valence electrons. The van der Waals surface area contributed by atoms with Crippen LogP contribution in [-0.2, 0) is 30.2 Å². The highest BCUT2D eigenvalue weighted by atomic mass is 35.7. The van der Waals surface area contributed by atoms with Crippen LogP contribution in [-0.4, -0.2) is 87.1 Å². The van der Waals surface area contributed by atoms with Crippen LogP contribution >= 0.6 is 10.7 Å². The number of carbonyl (C=O) groups excluding carboxylic acids is 1. The van der Waals surface area contributed by atoms with Gasteiger partial charge in [0.25, 0.3) is 0 Å². The summed E-state index contributed by atoms with van der Waals surface area (Å²) in [7, 11) is -1.61. The maximum Gasteiger partial charge on any atom is 0.407 e. The highest BCUT2D eigenvalue weighted by molar-refractivity contribution is 8.14. The number of benzene rings is 4. The van der Waals surface area contributed by atoms with E-state index in [9.17, 15) is 21.6 Å². The number of halogens is 1. The summed E-state index contributed by atoms with van der Waals surface area (Å²) in [5.41, 5.74) is 16.0. The lowest BCUT2D eigenvalue weighted by Gasteiger charge is -2.30. The van der Waals surface area contributed by atoms with E-state index in [4.69, 9.17) is 46.3 Å². The van der Waals surface area contributed by atoms with Crippen molar-refractivity contribution >= 4 is 74.7 Å². The first kappa shape index (κ1) is 61.4. The van der Waals surface area contributed by atoms with Gasteiger partial charge in [-0.1, -0.05) is 61.4 Å². The number of anilines is 3. The summed E-state index contributed by atoms with van der Waals surface area (Å²) >= 11 is 0. The summed E-state index contributed by atoms with van der Waals surface area (Å²) in [5, 5.41) is 9.29. The number of sulfonamides is 1. The molecule has 0 radical (unpaired) electrons. The first-order valence-corrected chi connectivity index (χ1v) is 33.4. The summed E-state index contributed by atoms with van der Waals surface area (Å²) in [6.07, 6.45) is 20.1. The van der Waals surface area contributed by atoms with E-state index in [2.05, 4.69) is 35.3 Å². The molecule has 86 heavy (non-hydrogen) atoms. The van der Waals surface area contributed by atoms with Crippen LogP contribution < -0.4 is 36.3 Å². The quantitative estimate of drug-likeness (QED) is 0.0471. The molecule has 4 heterocycles. The molecule has 0 unspecified atom stereocenters. The van der Waals surface area contributed by atoms with Gasteiger partial charge < -0.3 is 36.3 Å². The van der Waals surface area contributed by atoms with Gasteiger partial charge in [-0.05, 0) is 164 Å². The van der Waals surface area contributed by atoms with Gasteiger partial charge in [-0.3, -0.25) is 4.72 Å². The fourth-order valence-electron chi connectivity index (χ4n) is 10.9. The number of hydrogen-bond donors (Lipinski definition) is 5. The molecule has 0 aliphatic heterocycles. The van der Waals surface area contributed by atoms with Crippen molar-refractivity contribution in [3.63, 3.8) is 0 Å². The smallest absolute Gasteiger partial charge is 0.407 e. The Morgan fingerprint density at radius 1 is 0.593 bits per heavy atom. The summed E-state index contributed by atoms with van der Waals surface area (Å²) in [4.78, 5) is 39.7. The number of nitrogen functional groups attached to an aromatic ring is 1. The van der Waals surface area contributed by atoms with E-state index >= 15 is 0 Å². The summed E-state index contributed by atoms with van der Waals surface area (Å²) in [5.74, 6) is 4.05. The first-order valence-electron chi connectivity index (χ1n) is 29.5. The van der Waals surface area contributed by atoms with E-state index < -0.39 is 24.7 Å². The number of carbonyl (C=O) groups is 1. The van der Waals surface area contributed by atoms with Gasteiger partial charge in [-0.15, -0.1) is 0 Å². The number of rotatable bonds is 15. The Kier molecular flexibility index (Phi) is 19.5. The third kappa shape index (κ3) is 16.0. The number of fused-ring (bicyclic) bond motifs is 2. The lowest BCUT2D eigenvalue weighted by Crippen LogP contribution is -2.42. The molecule has 0 atom stereocenters. The van der Waals surface area contributed by atoms with Crippen molar-refractivity contribution in [2.45, 2.75) is 151 Å². The molecule has 4 saturated carbocycles. The largest absolute Gasteiger partial charge is 0.444 e. The van der Waals surface area contributed by atoms with Crippen molar-refractivity contribution in [2.24, 2.45) is 11.7 Å². The molecule has 0 saturated heterocycles. The predicted molar refractivity (Wildman–Crippen MR) is 338 cm³/mol. The van der Waals surface area contributed by atoms with Gasteiger partial charge in [0.05, 0.1) is 38.7 Å². The highest BCUT2D eigenvalue weighted by Crippen LogP contribution is 2.39. The van der Waals surface area contributed by atoms with Gasteiger partial charge in [0.2, 0.25) is 36.8 Å². The van der Waals surface area contributed by atoms with Gasteiger partial charge in [0.1, 0.15) is 22.9 Å². The Balaban J connectivity index is 0.000000169. The van der Waals surface area contributed by atoms with Crippen molar-refractivity contribution in [1.82, 2.24) is 35.2 Å². The van der Waals surface area contributed by atoms with Crippen LogP contribution in [0.3, 0.4) is 0 Å². The normalized spacial score (nSPS) is 19.0. The Labute approximate surface area is 507 Å². The molecule has 7 N–H and O–H groups in total. The molecule has 1 amide bonds. The Morgan fingerprint density at radius 3 is 1.72 bits per heavy atom. The molecule has 8 aromatic rings. The third-order valence-electron chi connectivity index (χ3n) is 16.0. The van der Waals surface area contributed by atoms with Crippen molar-refractivity contribution in [3.8, 4) is 45.8 Å². The maximum atomic E-state index is 12.8. The summed E-state index contributed by atoms with van der Waals surface area (Å²) in [6, 6.07) is 34.7. The molecule has 19 nitrogen and oxygen atoms in total. The maximum absolute atomic E-state index is 12.8. The first-order chi connectivity index (χ1) is 41.3. The monoisotopic (exact) mass is 1220 g/mol. The van der Waals surface area contributed by atoms with Crippen LogP contribution in [0.25, 0.3) is 44.1 Å². The molecule has 4 aromatic heterocycles. The molecule has 0 bridgehead atoms. The van der Waals surface area contributed by atoms with E-state index in [1.54, 1.807) is 30.9 Å².